The molecule has 0 radical (unpaired) electrons. The molecule has 1 aliphatic rings. The number of aliphatic carboxylic acids is 1. The first-order valence-corrected chi connectivity index (χ1v) is 13.2. The van der Waals surface area contributed by atoms with Crippen LogP contribution in [0.4, 0.5) is 0 Å². The summed E-state index contributed by atoms with van der Waals surface area (Å²) in [4.78, 5) is 25.9. The van der Waals surface area contributed by atoms with Gasteiger partial charge < -0.3 is 20.3 Å². The van der Waals surface area contributed by atoms with Crippen LogP contribution in [0, 0.1) is 0 Å². The summed E-state index contributed by atoms with van der Waals surface area (Å²) < 4.78 is 18.8. The number of carboxylic acids is 1. The van der Waals surface area contributed by atoms with Crippen LogP contribution in [0.25, 0.3) is 0 Å². The van der Waals surface area contributed by atoms with E-state index < -0.39 is 31.4 Å². The molecule has 1 heterocycles. The number of rotatable bonds is 13. The average Bonchev–Trinajstić information content (AvgIpc) is 2.71. The highest BCUT2D eigenvalue weighted by atomic mass is 32.2. The van der Waals surface area contributed by atoms with Crippen LogP contribution >= 0.6 is 19.3 Å². The summed E-state index contributed by atoms with van der Waals surface area (Å²) in [5.74, 6) is -1.06. The molecule has 0 aromatic heterocycles. The third-order valence-electron chi connectivity index (χ3n) is 4.77. The topological polar surface area (TPSA) is 122 Å². The Morgan fingerprint density at radius 2 is 2.00 bits per heavy atom. The minimum Gasteiger partial charge on any atom is -0.480 e. The van der Waals surface area contributed by atoms with E-state index in [1.54, 1.807) is 6.92 Å². The first kappa shape index (κ1) is 24.9. The van der Waals surface area contributed by atoms with Gasteiger partial charge >= 0.3 is 5.97 Å². The minimum atomic E-state index is -3.22. The Bertz CT molecular complexity index is 736. The van der Waals surface area contributed by atoms with Crippen molar-refractivity contribution in [2.75, 3.05) is 31.6 Å². The molecule has 168 valence electrons. The maximum Gasteiger partial charge on any atom is 0.323 e. The van der Waals surface area contributed by atoms with Gasteiger partial charge in [-0.2, -0.15) is 0 Å². The number of carbonyl (C=O) groups is 2. The maximum atomic E-state index is 13.3. The number of unbranched alkanes of at least 4 members (excludes halogenated alkanes) is 3. The molecule has 1 amide bonds. The van der Waals surface area contributed by atoms with Gasteiger partial charge in [0.1, 0.15) is 18.0 Å². The van der Waals surface area contributed by atoms with Crippen molar-refractivity contribution >= 4 is 31.2 Å². The van der Waals surface area contributed by atoms with E-state index in [1.165, 1.54) is 16.7 Å². The van der Waals surface area contributed by atoms with Gasteiger partial charge in [0.05, 0.1) is 6.61 Å². The highest BCUT2D eigenvalue weighted by Gasteiger charge is 2.40. The second-order valence-electron chi connectivity index (χ2n) is 7.16. The summed E-state index contributed by atoms with van der Waals surface area (Å²) in [6.45, 7) is 2.26. The number of hydrogen-bond acceptors (Lipinski definition) is 6. The van der Waals surface area contributed by atoms with Crippen LogP contribution in [-0.4, -0.2) is 59.5 Å². The zero-order chi connectivity index (χ0) is 22.0. The van der Waals surface area contributed by atoms with Crippen molar-refractivity contribution in [1.29, 1.82) is 0 Å². The number of nitrogens with one attached hydrogen (secondary N) is 1. The second-order valence-corrected chi connectivity index (χ2v) is 10.6. The van der Waals surface area contributed by atoms with E-state index in [9.17, 15) is 19.3 Å². The lowest BCUT2D eigenvalue weighted by Crippen LogP contribution is -2.53. The maximum absolute atomic E-state index is 13.3. The van der Waals surface area contributed by atoms with Gasteiger partial charge in [0.2, 0.25) is 5.91 Å². The zero-order valence-electron chi connectivity index (χ0n) is 17.4. The lowest BCUT2D eigenvalue weighted by molar-refractivity contribution is -0.145. The van der Waals surface area contributed by atoms with Crippen LogP contribution in [0.5, 0.6) is 0 Å². The van der Waals surface area contributed by atoms with E-state index in [1.807, 2.05) is 30.3 Å². The van der Waals surface area contributed by atoms with Crippen molar-refractivity contribution in [3.63, 3.8) is 0 Å². The molecule has 3 unspecified atom stereocenters. The fourth-order valence-corrected chi connectivity index (χ4v) is 6.89. The first-order chi connectivity index (χ1) is 14.4. The largest absolute Gasteiger partial charge is 0.480 e. The third-order valence-corrected chi connectivity index (χ3v) is 8.43. The molecule has 0 saturated carbocycles. The standard InChI is InChI=1S/C20H32N3O5PS/c1-2-28-29(27,13-9-4-3-8-12-21)22-17-15-30-20(16-10-6-5-7-11-16)23(19(17)26)14-18(24)25/h5-7,10-11,17,20H,2-4,8-9,12-15,21H2,1H3,(H,22,27)(H,24,25). The fraction of sp³-hybridized carbons (Fsp3) is 0.600. The number of carbonyl (C=O) groups excluding carboxylic acids is 1. The molecule has 0 bridgehead atoms. The predicted molar refractivity (Wildman–Crippen MR) is 120 cm³/mol. The summed E-state index contributed by atoms with van der Waals surface area (Å²) in [6, 6.07) is 8.59. The van der Waals surface area contributed by atoms with E-state index >= 15 is 0 Å². The van der Waals surface area contributed by atoms with E-state index in [0.717, 1.165) is 24.8 Å². The normalized spacial score (nSPS) is 21.4. The van der Waals surface area contributed by atoms with Crippen molar-refractivity contribution in [3.05, 3.63) is 35.9 Å². The molecule has 1 saturated heterocycles. The van der Waals surface area contributed by atoms with E-state index in [2.05, 4.69) is 5.09 Å². The summed E-state index contributed by atoms with van der Waals surface area (Å²) >= 11 is 1.46. The molecule has 8 nitrogen and oxygen atoms in total. The Hall–Kier alpha value is -1.38. The van der Waals surface area contributed by atoms with Crippen molar-refractivity contribution < 1.29 is 23.8 Å². The molecular weight excluding hydrogens is 425 g/mol. The molecular formula is C20H32N3O5PS. The molecule has 30 heavy (non-hydrogen) atoms. The number of nitrogens with zero attached hydrogens (tertiary/aromatic N) is 1. The van der Waals surface area contributed by atoms with Crippen molar-refractivity contribution in [3.8, 4) is 0 Å². The van der Waals surface area contributed by atoms with Gasteiger partial charge in [0, 0.05) is 11.9 Å². The zero-order valence-corrected chi connectivity index (χ0v) is 19.1. The molecule has 0 spiro atoms. The van der Waals surface area contributed by atoms with Gasteiger partial charge in [-0.3, -0.25) is 14.2 Å². The van der Waals surface area contributed by atoms with Gasteiger partial charge in [-0.1, -0.05) is 43.2 Å². The first-order valence-electron chi connectivity index (χ1n) is 10.3. The minimum absolute atomic E-state index is 0.270. The van der Waals surface area contributed by atoms with E-state index in [4.69, 9.17) is 10.3 Å². The number of amides is 1. The lowest BCUT2D eigenvalue weighted by Gasteiger charge is -2.39. The molecule has 1 aromatic carbocycles. The van der Waals surface area contributed by atoms with Crippen molar-refractivity contribution in [2.45, 2.75) is 44.0 Å². The van der Waals surface area contributed by atoms with Crippen LogP contribution in [0.1, 0.15) is 43.5 Å². The van der Waals surface area contributed by atoms with Crippen LogP contribution in [0.2, 0.25) is 0 Å². The average molecular weight is 458 g/mol. The van der Waals surface area contributed by atoms with E-state index in [-0.39, 0.29) is 12.5 Å². The molecule has 4 N–H and O–H groups in total. The SMILES string of the molecule is CCOP(=O)(CCCCCCN)NC1CSC(c2ccccc2)N(CC(=O)O)C1=O. The number of hydrogen-bond donors (Lipinski definition) is 3. The molecule has 1 fully saturated rings. The molecule has 1 aromatic rings. The Labute approximate surface area is 182 Å². The van der Waals surface area contributed by atoms with Crippen LogP contribution in [0.15, 0.2) is 30.3 Å². The number of thioether (sulfide) groups is 1. The monoisotopic (exact) mass is 457 g/mol. The summed E-state index contributed by atoms with van der Waals surface area (Å²) in [5, 5.41) is 11.9. The van der Waals surface area contributed by atoms with Crippen molar-refractivity contribution in [2.24, 2.45) is 5.73 Å². The van der Waals surface area contributed by atoms with Gasteiger partial charge in [-0.25, -0.2) is 5.09 Å². The Kier molecular flexibility index (Phi) is 10.3. The summed E-state index contributed by atoms with van der Waals surface area (Å²) in [5.41, 5.74) is 6.37. The van der Waals surface area contributed by atoms with Gasteiger partial charge in [0.25, 0.3) is 7.52 Å². The predicted octanol–water partition coefficient (Wildman–Crippen LogP) is 3.05. The highest BCUT2D eigenvalue weighted by Crippen LogP contribution is 2.46. The van der Waals surface area contributed by atoms with Crippen LogP contribution in [0.3, 0.4) is 0 Å². The fourth-order valence-electron chi connectivity index (χ4n) is 3.39. The Morgan fingerprint density at radius 3 is 2.63 bits per heavy atom. The molecule has 2 rings (SSSR count). The second kappa shape index (κ2) is 12.5. The lowest BCUT2D eigenvalue weighted by atomic mass is 10.2. The third kappa shape index (κ3) is 7.39. The smallest absolute Gasteiger partial charge is 0.323 e. The Morgan fingerprint density at radius 1 is 1.30 bits per heavy atom. The molecule has 1 aliphatic heterocycles. The van der Waals surface area contributed by atoms with Gasteiger partial charge in [-0.05, 0) is 31.9 Å². The number of carboxylic acid groups (broad SMARTS) is 1. The Balaban J connectivity index is 2.09. The van der Waals surface area contributed by atoms with Gasteiger partial charge in [0.15, 0.2) is 0 Å². The van der Waals surface area contributed by atoms with Gasteiger partial charge in [-0.15, -0.1) is 11.8 Å². The summed E-state index contributed by atoms with van der Waals surface area (Å²) in [6.07, 6.45) is 3.83. The number of nitrogens with two attached hydrogens (primary N) is 1. The van der Waals surface area contributed by atoms with Crippen LogP contribution in [-0.2, 0) is 18.7 Å². The number of benzene rings is 1. The van der Waals surface area contributed by atoms with Crippen LogP contribution < -0.4 is 10.8 Å². The molecule has 3 atom stereocenters. The molecule has 10 heteroatoms. The molecule has 0 aliphatic carbocycles. The van der Waals surface area contributed by atoms with Crippen molar-refractivity contribution in [1.82, 2.24) is 9.99 Å². The quantitative estimate of drug-likeness (QED) is 0.305. The summed E-state index contributed by atoms with van der Waals surface area (Å²) in [7, 11) is -3.22. The van der Waals surface area contributed by atoms with E-state index in [0.29, 0.717) is 24.9 Å². The highest BCUT2D eigenvalue weighted by molar-refractivity contribution is 7.99.